The van der Waals surface area contributed by atoms with Crippen LogP contribution in [0.25, 0.3) is 11.1 Å². The van der Waals surface area contributed by atoms with Gasteiger partial charge in [0.2, 0.25) is 6.29 Å². The molecule has 2 aromatic carbocycles. The highest BCUT2D eigenvalue weighted by atomic mass is 16.6. The minimum absolute atomic E-state index is 0.0744. The fraction of sp³-hybridized carbons (Fsp3) is 0. The van der Waals surface area contributed by atoms with Crippen LogP contribution >= 0.6 is 0 Å². The summed E-state index contributed by atoms with van der Waals surface area (Å²) in [4.78, 5) is 33.4. The standard InChI is InChI=1S/C14H6NO4/c16-7-11-12(15(18)19)6-5-9-8-3-1-2-4-10(8)14(17)13(9)11/h1-6H. The third-order valence-corrected chi connectivity index (χ3v) is 3.17. The van der Waals surface area contributed by atoms with Crippen LogP contribution in [0.15, 0.2) is 36.4 Å². The average molecular weight is 252 g/mol. The molecule has 19 heavy (non-hydrogen) atoms. The molecular weight excluding hydrogens is 246 g/mol. The van der Waals surface area contributed by atoms with Gasteiger partial charge in [0.1, 0.15) is 5.56 Å². The Morgan fingerprint density at radius 2 is 1.68 bits per heavy atom. The van der Waals surface area contributed by atoms with Crippen LogP contribution < -0.4 is 0 Å². The highest BCUT2D eigenvalue weighted by Crippen LogP contribution is 2.40. The van der Waals surface area contributed by atoms with E-state index < -0.39 is 10.6 Å². The Bertz CT molecular complexity index is 749. The summed E-state index contributed by atoms with van der Waals surface area (Å²) < 4.78 is 0. The van der Waals surface area contributed by atoms with Gasteiger partial charge in [-0.25, -0.2) is 0 Å². The molecule has 5 nitrogen and oxygen atoms in total. The lowest BCUT2D eigenvalue weighted by molar-refractivity contribution is -0.385. The van der Waals surface area contributed by atoms with E-state index in [9.17, 15) is 19.7 Å². The van der Waals surface area contributed by atoms with Gasteiger partial charge in [-0.3, -0.25) is 19.7 Å². The van der Waals surface area contributed by atoms with Crippen LogP contribution in [0.1, 0.15) is 21.5 Å². The Morgan fingerprint density at radius 3 is 2.32 bits per heavy atom. The quantitative estimate of drug-likeness (QED) is 0.517. The number of hydrogen-bond donors (Lipinski definition) is 0. The number of ketones is 1. The number of carbonyl (C=O) groups is 1. The Labute approximate surface area is 107 Å². The van der Waals surface area contributed by atoms with Gasteiger partial charge in [0.05, 0.1) is 4.92 Å². The average Bonchev–Trinajstić information content (AvgIpc) is 2.72. The van der Waals surface area contributed by atoms with Gasteiger partial charge >= 0.3 is 0 Å². The monoisotopic (exact) mass is 252 g/mol. The molecule has 0 atom stereocenters. The molecular formula is C14H6NO4. The normalized spacial score (nSPS) is 11.9. The number of nitro groups is 1. The third-order valence-electron chi connectivity index (χ3n) is 3.17. The van der Waals surface area contributed by atoms with E-state index in [1.165, 1.54) is 18.4 Å². The predicted octanol–water partition coefficient (Wildman–Crippen LogP) is 2.26. The zero-order valence-corrected chi connectivity index (χ0v) is 9.54. The second-order valence-corrected chi connectivity index (χ2v) is 4.12. The van der Waals surface area contributed by atoms with Crippen LogP contribution in [0.4, 0.5) is 5.69 Å². The van der Waals surface area contributed by atoms with Crippen molar-refractivity contribution in [3.8, 4) is 11.1 Å². The smallest absolute Gasteiger partial charge is 0.281 e. The molecule has 91 valence electrons. The minimum atomic E-state index is -0.684. The molecule has 0 saturated carbocycles. The van der Waals surface area contributed by atoms with Crippen molar-refractivity contribution in [2.24, 2.45) is 0 Å². The van der Waals surface area contributed by atoms with Crippen molar-refractivity contribution in [1.29, 1.82) is 0 Å². The van der Waals surface area contributed by atoms with Gasteiger partial charge in [-0.1, -0.05) is 24.3 Å². The molecule has 3 rings (SSSR count). The Hall–Kier alpha value is -2.82. The van der Waals surface area contributed by atoms with Gasteiger partial charge in [-0.2, -0.15) is 0 Å². The summed E-state index contributed by atoms with van der Waals surface area (Å²) in [5, 5.41) is 10.9. The van der Waals surface area contributed by atoms with Crippen molar-refractivity contribution in [3.05, 3.63) is 63.2 Å². The van der Waals surface area contributed by atoms with Crippen LogP contribution in [0, 0.1) is 10.1 Å². The summed E-state index contributed by atoms with van der Waals surface area (Å²) in [7, 11) is 0. The Kier molecular flexibility index (Phi) is 2.28. The van der Waals surface area contributed by atoms with Crippen molar-refractivity contribution in [2.45, 2.75) is 0 Å². The molecule has 0 heterocycles. The van der Waals surface area contributed by atoms with Crippen molar-refractivity contribution in [1.82, 2.24) is 0 Å². The number of hydrogen-bond acceptors (Lipinski definition) is 4. The maximum Gasteiger partial charge on any atom is 0.281 e. The molecule has 0 saturated heterocycles. The van der Waals surface area contributed by atoms with E-state index in [2.05, 4.69) is 0 Å². The topological polar surface area (TPSA) is 77.3 Å². The SMILES string of the molecule is O=[C]c1c([N+](=O)[O-])ccc2c1C(=O)c1ccccc1-2. The van der Waals surface area contributed by atoms with Gasteiger partial charge in [-0.15, -0.1) is 0 Å². The van der Waals surface area contributed by atoms with Gasteiger partial charge < -0.3 is 0 Å². The molecule has 0 bridgehead atoms. The van der Waals surface area contributed by atoms with Gasteiger partial charge in [-0.05, 0) is 17.2 Å². The number of nitro benzene ring substituents is 1. The van der Waals surface area contributed by atoms with Crippen molar-refractivity contribution in [2.75, 3.05) is 0 Å². The van der Waals surface area contributed by atoms with E-state index in [4.69, 9.17) is 0 Å². The summed E-state index contributed by atoms with van der Waals surface area (Å²) in [5.74, 6) is -0.368. The van der Waals surface area contributed by atoms with Gasteiger partial charge in [0.25, 0.3) is 5.69 Å². The number of fused-ring (bicyclic) bond motifs is 3. The highest BCUT2D eigenvalue weighted by molar-refractivity contribution is 6.25. The van der Waals surface area contributed by atoms with Gasteiger partial charge in [0, 0.05) is 17.2 Å². The molecule has 0 spiro atoms. The first-order valence-electron chi connectivity index (χ1n) is 5.49. The fourth-order valence-corrected chi connectivity index (χ4v) is 2.36. The number of nitrogens with zero attached hydrogens (tertiary/aromatic N) is 1. The molecule has 2 aromatic rings. The summed E-state index contributed by atoms with van der Waals surface area (Å²) in [6.45, 7) is 0. The minimum Gasteiger partial charge on any atom is -0.289 e. The van der Waals surface area contributed by atoms with Crippen LogP contribution in [0.3, 0.4) is 0 Å². The zero-order chi connectivity index (χ0) is 13.6. The van der Waals surface area contributed by atoms with Crippen LogP contribution in [0.2, 0.25) is 0 Å². The molecule has 0 unspecified atom stereocenters. The molecule has 1 aliphatic rings. The van der Waals surface area contributed by atoms with E-state index >= 15 is 0 Å². The largest absolute Gasteiger partial charge is 0.289 e. The first-order valence-corrected chi connectivity index (χ1v) is 5.49. The third kappa shape index (κ3) is 1.41. The maximum atomic E-state index is 12.2. The summed E-state index contributed by atoms with van der Waals surface area (Å²) in [5.41, 5.74) is 1.09. The van der Waals surface area contributed by atoms with Crippen LogP contribution in [-0.2, 0) is 4.79 Å². The molecule has 1 radical (unpaired) electrons. The number of carbonyl (C=O) groups excluding carboxylic acids is 2. The van der Waals surface area contributed by atoms with E-state index in [-0.39, 0.29) is 16.9 Å². The Morgan fingerprint density at radius 1 is 1.00 bits per heavy atom. The first-order chi connectivity index (χ1) is 9.15. The lowest BCUT2D eigenvalue weighted by Crippen LogP contribution is -2.04. The summed E-state index contributed by atoms with van der Waals surface area (Å²) in [6.07, 6.45) is 1.53. The second kappa shape index (κ2) is 3.84. The van der Waals surface area contributed by atoms with Crippen molar-refractivity contribution < 1.29 is 14.5 Å². The molecule has 0 N–H and O–H groups in total. The molecule has 5 heteroatoms. The van der Waals surface area contributed by atoms with Crippen molar-refractivity contribution >= 4 is 17.8 Å². The summed E-state index contributed by atoms with van der Waals surface area (Å²) in [6, 6.07) is 9.60. The predicted molar refractivity (Wildman–Crippen MR) is 66.8 cm³/mol. The fourth-order valence-electron chi connectivity index (χ4n) is 2.36. The van der Waals surface area contributed by atoms with Crippen molar-refractivity contribution in [3.63, 3.8) is 0 Å². The molecule has 0 aliphatic heterocycles. The zero-order valence-electron chi connectivity index (χ0n) is 9.54. The van der Waals surface area contributed by atoms with Crippen LogP contribution in [-0.4, -0.2) is 17.0 Å². The maximum absolute atomic E-state index is 12.2. The number of benzene rings is 2. The van der Waals surface area contributed by atoms with Gasteiger partial charge in [0.15, 0.2) is 5.78 Å². The lowest BCUT2D eigenvalue weighted by Gasteiger charge is -2.02. The molecule has 0 fully saturated rings. The van der Waals surface area contributed by atoms with E-state index in [1.54, 1.807) is 24.3 Å². The molecule has 0 aromatic heterocycles. The highest BCUT2D eigenvalue weighted by Gasteiger charge is 2.33. The molecule has 0 amide bonds. The van der Waals surface area contributed by atoms with E-state index in [0.717, 1.165) is 0 Å². The number of rotatable bonds is 2. The summed E-state index contributed by atoms with van der Waals surface area (Å²) >= 11 is 0. The van der Waals surface area contributed by atoms with E-state index in [1.807, 2.05) is 0 Å². The van der Waals surface area contributed by atoms with Crippen LogP contribution in [0.5, 0.6) is 0 Å². The lowest BCUT2D eigenvalue weighted by atomic mass is 10.00. The Balaban J connectivity index is 2.39. The first kappa shape index (κ1) is 11.3. The molecule has 1 aliphatic carbocycles. The van der Waals surface area contributed by atoms with E-state index in [0.29, 0.717) is 16.7 Å². The second-order valence-electron chi connectivity index (χ2n) is 4.12.